The molecule has 0 bridgehead atoms. The summed E-state index contributed by atoms with van der Waals surface area (Å²) in [5.74, 6) is 1.49. The summed E-state index contributed by atoms with van der Waals surface area (Å²) < 4.78 is 5.24. The zero-order valence-corrected chi connectivity index (χ0v) is 11.1. The quantitative estimate of drug-likeness (QED) is 0.875. The minimum absolute atomic E-state index is 0.320. The molecule has 0 aliphatic rings. The number of halogens is 1. The smallest absolute Gasteiger partial charge is 0.137 e. The number of rotatable bonds is 4. The molecule has 0 spiro atoms. The lowest BCUT2D eigenvalue weighted by atomic mass is 9.89. The Balaban J connectivity index is 3.30. The van der Waals surface area contributed by atoms with Gasteiger partial charge in [0, 0.05) is 0 Å². The van der Waals surface area contributed by atoms with Crippen molar-refractivity contribution in [1.29, 1.82) is 0 Å². The molecule has 2 nitrogen and oxygen atoms in total. The first kappa shape index (κ1) is 13.3. The largest absolute Gasteiger partial charge is 0.495 e. The summed E-state index contributed by atoms with van der Waals surface area (Å²) in [6.45, 7) is 7.07. The molecule has 3 heteroatoms. The lowest BCUT2D eigenvalue weighted by Crippen LogP contribution is -2.12. The standard InChI is InChI=1S/C13H20ClNO/c1-8(2)10-6-13(16-4)12(14)5-11(10)9(3)7-15/h5-6,8-9H,7,15H2,1-4H3. The maximum atomic E-state index is 6.14. The maximum Gasteiger partial charge on any atom is 0.137 e. The van der Waals surface area contributed by atoms with Crippen molar-refractivity contribution >= 4 is 11.6 Å². The third-order valence-corrected chi connectivity index (χ3v) is 3.16. The highest BCUT2D eigenvalue weighted by Crippen LogP contribution is 2.34. The van der Waals surface area contributed by atoms with Crippen LogP contribution < -0.4 is 10.5 Å². The van der Waals surface area contributed by atoms with Crippen molar-refractivity contribution in [2.24, 2.45) is 5.73 Å². The van der Waals surface area contributed by atoms with Crippen molar-refractivity contribution in [3.63, 3.8) is 0 Å². The normalized spacial score (nSPS) is 12.9. The first-order valence-electron chi connectivity index (χ1n) is 5.58. The molecular weight excluding hydrogens is 222 g/mol. The van der Waals surface area contributed by atoms with Crippen LogP contribution >= 0.6 is 11.6 Å². The number of methoxy groups -OCH3 is 1. The van der Waals surface area contributed by atoms with E-state index in [0.29, 0.717) is 23.4 Å². The van der Waals surface area contributed by atoms with Crippen LogP contribution in [0.3, 0.4) is 0 Å². The minimum Gasteiger partial charge on any atom is -0.495 e. The second kappa shape index (κ2) is 5.55. The number of nitrogens with two attached hydrogens (primary N) is 1. The molecule has 16 heavy (non-hydrogen) atoms. The second-order valence-corrected chi connectivity index (χ2v) is 4.81. The summed E-state index contributed by atoms with van der Waals surface area (Å²) in [4.78, 5) is 0. The molecule has 0 aliphatic heterocycles. The van der Waals surface area contributed by atoms with Crippen LogP contribution in [0.1, 0.15) is 43.7 Å². The van der Waals surface area contributed by atoms with Crippen molar-refractivity contribution < 1.29 is 4.74 Å². The van der Waals surface area contributed by atoms with E-state index in [4.69, 9.17) is 22.1 Å². The molecule has 90 valence electrons. The topological polar surface area (TPSA) is 35.2 Å². The molecule has 0 saturated carbocycles. The Bertz CT molecular complexity index is 363. The molecule has 2 N–H and O–H groups in total. The maximum absolute atomic E-state index is 6.14. The average Bonchev–Trinajstić information content (AvgIpc) is 2.27. The monoisotopic (exact) mass is 241 g/mol. The van der Waals surface area contributed by atoms with E-state index in [1.165, 1.54) is 11.1 Å². The Labute approximate surface area is 103 Å². The number of hydrogen-bond donors (Lipinski definition) is 1. The van der Waals surface area contributed by atoms with Crippen LogP contribution in [0.4, 0.5) is 0 Å². The highest BCUT2D eigenvalue weighted by molar-refractivity contribution is 6.32. The molecule has 0 saturated heterocycles. The van der Waals surface area contributed by atoms with Crippen LogP contribution in [0.15, 0.2) is 12.1 Å². The van der Waals surface area contributed by atoms with E-state index in [1.807, 2.05) is 12.1 Å². The lowest BCUT2D eigenvalue weighted by molar-refractivity contribution is 0.414. The summed E-state index contributed by atoms with van der Waals surface area (Å²) >= 11 is 6.14. The molecule has 0 heterocycles. The molecule has 0 aliphatic carbocycles. The van der Waals surface area contributed by atoms with Crippen LogP contribution in [-0.4, -0.2) is 13.7 Å². The number of ether oxygens (including phenoxy) is 1. The predicted molar refractivity (Wildman–Crippen MR) is 69.6 cm³/mol. The summed E-state index contributed by atoms with van der Waals surface area (Å²) in [7, 11) is 1.64. The van der Waals surface area contributed by atoms with Gasteiger partial charge in [0.15, 0.2) is 0 Å². The molecule has 1 unspecified atom stereocenters. The van der Waals surface area contributed by atoms with E-state index < -0.39 is 0 Å². The predicted octanol–water partition coefficient (Wildman–Crippen LogP) is 3.53. The van der Waals surface area contributed by atoms with E-state index in [0.717, 1.165) is 5.75 Å². The van der Waals surface area contributed by atoms with E-state index in [2.05, 4.69) is 20.8 Å². The van der Waals surface area contributed by atoms with Crippen LogP contribution in [0.5, 0.6) is 5.75 Å². The van der Waals surface area contributed by atoms with Crippen molar-refractivity contribution in [2.45, 2.75) is 32.6 Å². The minimum atomic E-state index is 0.320. The third-order valence-electron chi connectivity index (χ3n) is 2.86. The Morgan fingerprint density at radius 2 is 1.88 bits per heavy atom. The van der Waals surface area contributed by atoms with Crippen molar-refractivity contribution in [1.82, 2.24) is 0 Å². The lowest BCUT2D eigenvalue weighted by Gasteiger charge is -2.19. The molecule has 0 radical (unpaired) electrons. The first-order valence-corrected chi connectivity index (χ1v) is 5.96. The Morgan fingerprint density at radius 1 is 1.25 bits per heavy atom. The molecule has 1 rings (SSSR count). The fraction of sp³-hybridized carbons (Fsp3) is 0.538. The first-order chi connectivity index (χ1) is 7.51. The van der Waals surface area contributed by atoms with Gasteiger partial charge in [-0.25, -0.2) is 0 Å². The summed E-state index contributed by atoms with van der Waals surface area (Å²) in [5, 5.41) is 0.655. The van der Waals surface area contributed by atoms with Crippen molar-refractivity contribution in [2.75, 3.05) is 13.7 Å². The third kappa shape index (κ3) is 2.69. The summed E-state index contributed by atoms with van der Waals surface area (Å²) in [6, 6.07) is 4.00. The molecule has 0 fully saturated rings. The van der Waals surface area contributed by atoms with Crippen LogP contribution in [0.25, 0.3) is 0 Å². The van der Waals surface area contributed by atoms with Crippen molar-refractivity contribution in [3.05, 3.63) is 28.3 Å². The fourth-order valence-corrected chi connectivity index (χ4v) is 2.04. The van der Waals surface area contributed by atoms with E-state index in [1.54, 1.807) is 7.11 Å². The Hall–Kier alpha value is -0.730. The van der Waals surface area contributed by atoms with Crippen LogP contribution in [0, 0.1) is 0 Å². The zero-order valence-electron chi connectivity index (χ0n) is 10.4. The summed E-state index contributed by atoms with van der Waals surface area (Å²) in [5.41, 5.74) is 8.21. The van der Waals surface area contributed by atoms with Gasteiger partial charge >= 0.3 is 0 Å². The molecule has 0 aromatic heterocycles. The SMILES string of the molecule is COc1cc(C(C)C)c(C(C)CN)cc1Cl. The highest BCUT2D eigenvalue weighted by Gasteiger charge is 2.15. The van der Waals surface area contributed by atoms with Crippen LogP contribution in [0.2, 0.25) is 5.02 Å². The van der Waals surface area contributed by atoms with Gasteiger partial charge in [-0.2, -0.15) is 0 Å². The van der Waals surface area contributed by atoms with Gasteiger partial charge in [0.25, 0.3) is 0 Å². The van der Waals surface area contributed by atoms with Gasteiger partial charge in [-0.1, -0.05) is 32.4 Å². The van der Waals surface area contributed by atoms with Gasteiger partial charge < -0.3 is 10.5 Å². The van der Waals surface area contributed by atoms with Gasteiger partial charge in [0.05, 0.1) is 12.1 Å². The molecule has 1 atom stereocenters. The van der Waals surface area contributed by atoms with E-state index >= 15 is 0 Å². The Morgan fingerprint density at radius 3 is 2.31 bits per heavy atom. The van der Waals surface area contributed by atoms with E-state index in [-0.39, 0.29) is 0 Å². The van der Waals surface area contributed by atoms with Gasteiger partial charge in [0.2, 0.25) is 0 Å². The highest BCUT2D eigenvalue weighted by atomic mass is 35.5. The van der Waals surface area contributed by atoms with E-state index in [9.17, 15) is 0 Å². The fourth-order valence-electron chi connectivity index (χ4n) is 1.79. The molecular formula is C13H20ClNO. The van der Waals surface area contributed by atoms with Crippen molar-refractivity contribution in [3.8, 4) is 5.75 Å². The summed E-state index contributed by atoms with van der Waals surface area (Å²) in [6.07, 6.45) is 0. The van der Waals surface area contributed by atoms with Crippen LogP contribution in [-0.2, 0) is 0 Å². The number of benzene rings is 1. The second-order valence-electron chi connectivity index (χ2n) is 4.41. The Kier molecular flexibility index (Phi) is 4.63. The van der Waals surface area contributed by atoms with Gasteiger partial charge in [0.1, 0.15) is 5.75 Å². The number of hydrogen-bond acceptors (Lipinski definition) is 2. The molecule has 0 amide bonds. The zero-order chi connectivity index (χ0) is 12.3. The van der Waals surface area contributed by atoms with Gasteiger partial charge in [-0.3, -0.25) is 0 Å². The average molecular weight is 242 g/mol. The molecule has 1 aromatic rings. The molecule has 1 aromatic carbocycles. The van der Waals surface area contributed by atoms with Gasteiger partial charge in [-0.15, -0.1) is 0 Å². The van der Waals surface area contributed by atoms with Gasteiger partial charge in [-0.05, 0) is 41.6 Å².